The van der Waals surface area contributed by atoms with Crippen LogP contribution in [0.1, 0.15) is 18.5 Å². The monoisotopic (exact) mass is 228 g/mol. The van der Waals surface area contributed by atoms with Gasteiger partial charge in [-0.25, -0.2) is 4.98 Å². The Balaban J connectivity index is 1.65. The lowest BCUT2D eigenvalue weighted by Crippen LogP contribution is -2.20. The van der Waals surface area contributed by atoms with E-state index in [1.165, 1.54) is 11.3 Å². The van der Waals surface area contributed by atoms with Crippen LogP contribution in [0.25, 0.3) is 0 Å². The smallest absolute Gasteiger partial charge is 0.180 e. The fourth-order valence-electron chi connectivity index (χ4n) is 1.63. The van der Waals surface area contributed by atoms with Crippen LogP contribution in [0.4, 0.5) is 5.13 Å². The van der Waals surface area contributed by atoms with Gasteiger partial charge in [-0.1, -0.05) is 0 Å². The summed E-state index contributed by atoms with van der Waals surface area (Å²) in [5.74, 6) is 0.648. The summed E-state index contributed by atoms with van der Waals surface area (Å²) in [4.78, 5) is 4.14. The van der Waals surface area contributed by atoms with Crippen molar-refractivity contribution in [3.63, 3.8) is 0 Å². The number of aromatic nitrogens is 1. The van der Waals surface area contributed by atoms with E-state index in [0.717, 1.165) is 38.4 Å². The molecule has 1 aromatic rings. The average molecular weight is 228 g/mol. The number of thiazole rings is 1. The van der Waals surface area contributed by atoms with Gasteiger partial charge in [-0.2, -0.15) is 0 Å². The van der Waals surface area contributed by atoms with Crippen molar-refractivity contribution in [2.45, 2.75) is 19.4 Å². The number of nitrogens with two attached hydrogens (primary N) is 1. The van der Waals surface area contributed by atoms with Crippen molar-refractivity contribution in [1.29, 1.82) is 0 Å². The Hall–Kier alpha value is -0.650. The molecule has 2 rings (SSSR count). The highest BCUT2D eigenvalue weighted by atomic mass is 32.1. The van der Waals surface area contributed by atoms with Gasteiger partial charge in [-0.3, -0.25) is 0 Å². The van der Waals surface area contributed by atoms with E-state index < -0.39 is 0 Å². The molecule has 5 heteroatoms. The molecule has 2 heterocycles. The minimum atomic E-state index is 0.574. The van der Waals surface area contributed by atoms with E-state index in [9.17, 15) is 0 Å². The number of anilines is 1. The largest absolute Gasteiger partial charge is 0.381 e. The Morgan fingerprint density at radius 3 is 3.00 bits per heavy atom. The van der Waals surface area contributed by atoms with E-state index in [0.29, 0.717) is 17.7 Å². The van der Waals surface area contributed by atoms with Crippen LogP contribution in [0.15, 0.2) is 5.38 Å². The highest BCUT2D eigenvalue weighted by Gasteiger charge is 2.13. The van der Waals surface area contributed by atoms with Gasteiger partial charge in [0, 0.05) is 18.6 Å². The zero-order valence-electron chi connectivity index (χ0n) is 8.65. The first kappa shape index (κ1) is 10.9. The number of ether oxygens (including phenoxy) is 2. The molecule has 1 aliphatic heterocycles. The van der Waals surface area contributed by atoms with Crippen LogP contribution in [-0.4, -0.2) is 24.8 Å². The minimum absolute atomic E-state index is 0.574. The molecule has 0 aromatic carbocycles. The molecule has 0 unspecified atom stereocenters. The summed E-state index contributed by atoms with van der Waals surface area (Å²) in [6, 6.07) is 0. The van der Waals surface area contributed by atoms with Crippen molar-refractivity contribution >= 4 is 16.5 Å². The number of rotatable bonds is 4. The zero-order chi connectivity index (χ0) is 10.5. The molecule has 1 saturated heterocycles. The van der Waals surface area contributed by atoms with Crippen molar-refractivity contribution in [1.82, 2.24) is 4.98 Å². The van der Waals surface area contributed by atoms with Crippen LogP contribution in [0.3, 0.4) is 0 Å². The quantitative estimate of drug-likeness (QED) is 0.851. The third-order valence-electron chi connectivity index (χ3n) is 2.51. The lowest BCUT2D eigenvalue weighted by atomic mass is 10.0. The molecule has 0 atom stereocenters. The van der Waals surface area contributed by atoms with Crippen LogP contribution >= 0.6 is 11.3 Å². The van der Waals surface area contributed by atoms with Gasteiger partial charge in [-0.05, 0) is 18.8 Å². The average Bonchev–Trinajstić information content (AvgIpc) is 2.66. The van der Waals surface area contributed by atoms with Gasteiger partial charge >= 0.3 is 0 Å². The third-order valence-corrected chi connectivity index (χ3v) is 3.24. The molecule has 0 spiro atoms. The second-order valence-corrected chi connectivity index (χ2v) is 4.64. The van der Waals surface area contributed by atoms with Crippen molar-refractivity contribution in [2.75, 3.05) is 25.6 Å². The van der Waals surface area contributed by atoms with E-state index in [1.54, 1.807) is 0 Å². The molecule has 4 nitrogen and oxygen atoms in total. The summed E-state index contributed by atoms with van der Waals surface area (Å²) >= 11 is 1.46. The maximum absolute atomic E-state index is 5.61. The maximum atomic E-state index is 5.61. The lowest BCUT2D eigenvalue weighted by Gasteiger charge is -2.21. The molecule has 84 valence electrons. The Kier molecular flexibility index (Phi) is 3.94. The Bertz CT molecular complexity index is 297. The van der Waals surface area contributed by atoms with Gasteiger partial charge in [0.25, 0.3) is 0 Å². The molecular formula is C10H16N2O2S. The first-order valence-corrected chi connectivity index (χ1v) is 6.08. The second kappa shape index (κ2) is 5.44. The standard InChI is InChI=1S/C10H16N2O2S/c11-10-12-9(7-15-10)6-14-5-8-1-3-13-4-2-8/h7-8H,1-6H2,(H2,11,12). The second-order valence-electron chi connectivity index (χ2n) is 3.75. The van der Waals surface area contributed by atoms with Gasteiger partial charge < -0.3 is 15.2 Å². The Morgan fingerprint density at radius 1 is 1.53 bits per heavy atom. The molecule has 0 radical (unpaired) electrons. The molecule has 1 aliphatic rings. The van der Waals surface area contributed by atoms with Crippen molar-refractivity contribution in [3.8, 4) is 0 Å². The fraction of sp³-hybridized carbons (Fsp3) is 0.700. The number of nitrogen functional groups attached to an aromatic ring is 1. The molecule has 0 amide bonds. The van der Waals surface area contributed by atoms with Crippen molar-refractivity contribution < 1.29 is 9.47 Å². The van der Waals surface area contributed by atoms with Gasteiger partial charge in [0.05, 0.1) is 18.9 Å². The highest BCUT2D eigenvalue weighted by Crippen LogP contribution is 2.16. The van der Waals surface area contributed by atoms with E-state index in [-0.39, 0.29) is 0 Å². The minimum Gasteiger partial charge on any atom is -0.381 e. The van der Waals surface area contributed by atoms with Gasteiger partial charge in [0.1, 0.15) is 0 Å². The van der Waals surface area contributed by atoms with Crippen molar-refractivity contribution in [3.05, 3.63) is 11.1 Å². The summed E-state index contributed by atoms with van der Waals surface area (Å²) in [5, 5.41) is 2.55. The van der Waals surface area contributed by atoms with Crippen LogP contribution in [0, 0.1) is 5.92 Å². The fourth-order valence-corrected chi connectivity index (χ4v) is 2.18. The van der Waals surface area contributed by atoms with E-state index in [4.69, 9.17) is 15.2 Å². The molecule has 0 saturated carbocycles. The summed E-state index contributed by atoms with van der Waals surface area (Å²) in [6.07, 6.45) is 2.22. The number of hydrogen-bond acceptors (Lipinski definition) is 5. The number of hydrogen-bond donors (Lipinski definition) is 1. The first-order valence-electron chi connectivity index (χ1n) is 5.20. The summed E-state index contributed by atoms with van der Waals surface area (Å²) in [5.41, 5.74) is 6.46. The van der Waals surface area contributed by atoms with Gasteiger partial charge in [-0.15, -0.1) is 11.3 Å². The summed E-state index contributed by atoms with van der Waals surface area (Å²) < 4.78 is 10.9. The van der Waals surface area contributed by atoms with E-state index >= 15 is 0 Å². The van der Waals surface area contributed by atoms with Gasteiger partial charge in [0.2, 0.25) is 0 Å². The predicted octanol–water partition coefficient (Wildman–Crippen LogP) is 1.67. The Labute approximate surface area is 93.4 Å². The first-order chi connectivity index (χ1) is 7.34. The SMILES string of the molecule is Nc1nc(COCC2CCOCC2)cs1. The molecule has 2 N–H and O–H groups in total. The topological polar surface area (TPSA) is 57.4 Å². The Morgan fingerprint density at radius 2 is 2.33 bits per heavy atom. The van der Waals surface area contributed by atoms with Crippen LogP contribution in [-0.2, 0) is 16.1 Å². The molecule has 0 bridgehead atoms. The normalized spacial score (nSPS) is 18.1. The predicted molar refractivity (Wildman–Crippen MR) is 59.7 cm³/mol. The molecule has 0 aliphatic carbocycles. The van der Waals surface area contributed by atoms with Crippen LogP contribution in [0.5, 0.6) is 0 Å². The van der Waals surface area contributed by atoms with Gasteiger partial charge in [0.15, 0.2) is 5.13 Å². The van der Waals surface area contributed by atoms with Crippen LogP contribution < -0.4 is 5.73 Å². The third kappa shape index (κ3) is 3.44. The molecule has 1 aromatic heterocycles. The van der Waals surface area contributed by atoms with Crippen molar-refractivity contribution in [2.24, 2.45) is 5.92 Å². The van der Waals surface area contributed by atoms with E-state index in [1.807, 2.05) is 5.38 Å². The summed E-state index contributed by atoms with van der Waals surface area (Å²) in [6.45, 7) is 3.13. The lowest BCUT2D eigenvalue weighted by molar-refractivity contribution is 0.0151. The highest BCUT2D eigenvalue weighted by molar-refractivity contribution is 7.13. The molecule has 15 heavy (non-hydrogen) atoms. The zero-order valence-corrected chi connectivity index (χ0v) is 9.46. The van der Waals surface area contributed by atoms with E-state index in [2.05, 4.69) is 4.98 Å². The number of nitrogens with zero attached hydrogens (tertiary/aromatic N) is 1. The molecule has 1 fully saturated rings. The molecular weight excluding hydrogens is 212 g/mol. The maximum Gasteiger partial charge on any atom is 0.180 e. The van der Waals surface area contributed by atoms with Crippen LogP contribution in [0.2, 0.25) is 0 Å². The summed E-state index contributed by atoms with van der Waals surface area (Å²) in [7, 11) is 0.